The molecule has 2 aliphatic heterocycles. The quantitative estimate of drug-likeness (QED) is 0.720. The number of amides is 1. The molecule has 0 N–H and O–H groups in total. The first-order chi connectivity index (χ1) is 13.0. The Morgan fingerprint density at radius 3 is 2.63 bits per heavy atom. The monoisotopic (exact) mass is 429 g/mol. The Bertz CT molecular complexity index is 903. The maximum absolute atomic E-state index is 12.8. The first-order valence-electron chi connectivity index (χ1n) is 8.95. The molecule has 0 aliphatic carbocycles. The molecule has 140 valence electrons. The number of benzene rings is 2. The Morgan fingerprint density at radius 2 is 1.93 bits per heavy atom. The van der Waals surface area contributed by atoms with Crippen LogP contribution in [-0.4, -0.2) is 42.4 Å². The van der Waals surface area contributed by atoms with Crippen LogP contribution in [0.5, 0.6) is 11.5 Å². The number of halogens is 1. The zero-order valence-electron chi connectivity index (χ0n) is 15.0. The second kappa shape index (κ2) is 7.00. The third kappa shape index (κ3) is 3.34. The zero-order chi connectivity index (χ0) is 19.0. The number of ether oxygens (including phenoxy) is 2. The van der Waals surface area contributed by atoms with Crippen LogP contribution in [0.2, 0.25) is 0 Å². The van der Waals surface area contributed by atoms with Crippen molar-refractivity contribution in [2.24, 2.45) is 0 Å². The van der Waals surface area contributed by atoms with Gasteiger partial charge in [-0.25, -0.2) is 0 Å². The predicted octanol–water partition coefficient (Wildman–Crippen LogP) is 4.10. The lowest BCUT2D eigenvalue weighted by atomic mass is 9.82. The zero-order valence-corrected chi connectivity index (χ0v) is 16.6. The van der Waals surface area contributed by atoms with Crippen LogP contribution >= 0.6 is 15.9 Å². The second-order valence-electron chi connectivity index (χ2n) is 7.02. The number of hydrogen-bond donors (Lipinski definition) is 0. The van der Waals surface area contributed by atoms with Crippen molar-refractivity contribution in [3.05, 3.63) is 58.1 Å². The van der Waals surface area contributed by atoms with E-state index in [1.54, 1.807) is 25.3 Å². The van der Waals surface area contributed by atoms with Gasteiger partial charge in [0.25, 0.3) is 5.91 Å². The SMILES string of the molecule is COc1ccc2c(c1)C(=O)CC1(CCN(C(=O)c3ccccc3Br)CC1)O2. The number of Topliss-reactive ketones (excluding diaryl/α,β-unsaturated/α-hetero) is 1. The van der Waals surface area contributed by atoms with Crippen LogP contribution in [-0.2, 0) is 0 Å². The lowest BCUT2D eigenvalue weighted by Crippen LogP contribution is -2.52. The smallest absolute Gasteiger partial charge is 0.255 e. The molecule has 5 nitrogen and oxygen atoms in total. The largest absolute Gasteiger partial charge is 0.497 e. The normalized spacial score (nSPS) is 18.0. The van der Waals surface area contributed by atoms with Gasteiger partial charge < -0.3 is 14.4 Å². The minimum atomic E-state index is -0.524. The molecule has 2 aromatic rings. The average molecular weight is 430 g/mol. The van der Waals surface area contributed by atoms with E-state index in [2.05, 4.69) is 15.9 Å². The van der Waals surface area contributed by atoms with Gasteiger partial charge in [0.15, 0.2) is 5.78 Å². The molecule has 2 aliphatic rings. The summed E-state index contributed by atoms with van der Waals surface area (Å²) in [7, 11) is 1.58. The van der Waals surface area contributed by atoms with Crippen molar-refractivity contribution < 1.29 is 19.1 Å². The average Bonchev–Trinajstić information content (AvgIpc) is 2.68. The Morgan fingerprint density at radius 1 is 1.19 bits per heavy atom. The minimum absolute atomic E-state index is 0.00426. The summed E-state index contributed by atoms with van der Waals surface area (Å²) < 4.78 is 12.3. The lowest BCUT2D eigenvalue weighted by molar-refractivity contribution is -0.00578. The van der Waals surface area contributed by atoms with Gasteiger partial charge in [-0.1, -0.05) is 12.1 Å². The molecule has 0 atom stereocenters. The molecular weight excluding hydrogens is 410 g/mol. The van der Waals surface area contributed by atoms with Gasteiger partial charge in [0.1, 0.15) is 17.1 Å². The van der Waals surface area contributed by atoms with Gasteiger partial charge in [-0.15, -0.1) is 0 Å². The standard InChI is InChI=1S/C21H20BrNO4/c1-26-14-6-7-19-16(12-14)18(24)13-21(27-19)8-10-23(11-9-21)20(25)15-4-2-3-5-17(15)22/h2-7,12H,8-11,13H2,1H3. The van der Waals surface area contributed by atoms with Crippen LogP contribution in [0.4, 0.5) is 0 Å². The molecule has 27 heavy (non-hydrogen) atoms. The first kappa shape index (κ1) is 18.0. The molecule has 1 spiro atoms. The number of hydrogen-bond acceptors (Lipinski definition) is 4. The predicted molar refractivity (Wildman–Crippen MR) is 105 cm³/mol. The van der Waals surface area contributed by atoms with Crippen molar-refractivity contribution in [2.75, 3.05) is 20.2 Å². The van der Waals surface area contributed by atoms with E-state index in [4.69, 9.17) is 9.47 Å². The highest BCUT2D eigenvalue weighted by Gasteiger charge is 2.43. The van der Waals surface area contributed by atoms with Gasteiger partial charge in [-0.2, -0.15) is 0 Å². The fraction of sp³-hybridized carbons (Fsp3) is 0.333. The highest BCUT2D eigenvalue weighted by atomic mass is 79.9. The van der Waals surface area contributed by atoms with Gasteiger partial charge in [-0.3, -0.25) is 9.59 Å². The molecule has 2 heterocycles. The maximum atomic E-state index is 12.8. The lowest BCUT2D eigenvalue weighted by Gasteiger charge is -2.44. The molecule has 0 bridgehead atoms. The first-order valence-corrected chi connectivity index (χ1v) is 9.75. The second-order valence-corrected chi connectivity index (χ2v) is 7.87. The summed E-state index contributed by atoms with van der Waals surface area (Å²) in [6, 6.07) is 12.8. The summed E-state index contributed by atoms with van der Waals surface area (Å²) in [5.74, 6) is 1.33. The molecule has 0 saturated carbocycles. The highest BCUT2D eigenvalue weighted by Crippen LogP contribution is 2.40. The van der Waals surface area contributed by atoms with E-state index in [0.29, 0.717) is 55.0 Å². The van der Waals surface area contributed by atoms with Crippen LogP contribution in [0.15, 0.2) is 46.9 Å². The molecule has 1 saturated heterocycles. The van der Waals surface area contributed by atoms with E-state index in [9.17, 15) is 9.59 Å². The Labute approximate surface area is 166 Å². The number of carbonyl (C=O) groups is 2. The molecule has 0 radical (unpaired) electrons. The molecular formula is C21H20BrNO4. The van der Waals surface area contributed by atoms with Crippen molar-refractivity contribution in [2.45, 2.75) is 24.9 Å². The minimum Gasteiger partial charge on any atom is -0.497 e. The summed E-state index contributed by atoms with van der Waals surface area (Å²) in [6.07, 6.45) is 1.62. The molecule has 1 fully saturated rings. The Hall–Kier alpha value is -2.34. The van der Waals surface area contributed by atoms with Crippen molar-refractivity contribution in [1.82, 2.24) is 4.90 Å². The highest BCUT2D eigenvalue weighted by molar-refractivity contribution is 9.10. The summed E-state index contributed by atoms with van der Waals surface area (Å²) in [5.41, 5.74) is 0.710. The van der Waals surface area contributed by atoms with Gasteiger partial charge in [0.05, 0.1) is 24.7 Å². The topological polar surface area (TPSA) is 55.8 Å². The third-order valence-electron chi connectivity index (χ3n) is 5.36. The van der Waals surface area contributed by atoms with Crippen molar-refractivity contribution in [3.8, 4) is 11.5 Å². The van der Waals surface area contributed by atoms with E-state index < -0.39 is 5.60 Å². The Kier molecular flexibility index (Phi) is 4.68. The van der Waals surface area contributed by atoms with Crippen molar-refractivity contribution in [3.63, 3.8) is 0 Å². The number of likely N-dealkylation sites (tertiary alicyclic amines) is 1. The van der Waals surface area contributed by atoms with Gasteiger partial charge in [-0.05, 0) is 46.3 Å². The number of rotatable bonds is 2. The summed E-state index contributed by atoms with van der Waals surface area (Å²) >= 11 is 3.44. The van der Waals surface area contributed by atoms with Crippen molar-refractivity contribution in [1.29, 1.82) is 0 Å². The molecule has 6 heteroatoms. The van der Waals surface area contributed by atoms with Gasteiger partial charge >= 0.3 is 0 Å². The summed E-state index contributed by atoms with van der Waals surface area (Å²) in [5, 5.41) is 0. The molecule has 0 aromatic heterocycles. The number of methoxy groups -OCH3 is 1. The van der Waals surface area contributed by atoms with Crippen LogP contribution < -0.4 is 9.47 Å². The van der Waals surface area contributed by atoms with E-state index in [1.165, 1.54) is 0 Å². The number of nitrogens with zero attached hydrogens (tertiary/aromatic N) is 1. The van der Waals surface area contributed by atoms with E-state index in [-0.39, 0.29) is 11.7 Å². The van der Waals surface area contributed by atoms with Gasteiger partial charge in [0.2, 0.25) is 0 Å². The van der Waals surface area contributed by atoms with Crippen LogP contribution in [0.3, 0.4) is 0 Å². The number of carbonyl (C=O) groups excluding carboxylic acids is 2. The van der Waals surface area contributed by atoms with E-state index in [1.807, 2.05) is 29.2 Å². The molecule has 4 rings (SSSR count). The van der Waals surface area contributed by atoms with E-state index >= 15 is 0 Å². The van der Waals surface area contributed by atoms with E-state index in [0.717, 1.165) is 4.47 Å². The maximum Gasteiger partial charge on any atom is 0.255 e. The van der Waals surface area contributed by atoms with Crippen LogP contribution in [0.1, 0.15) is 40.0 Å². The Balaban J connectivity index is 1.49. The van der Waals surface area contributed by atoms with Gasteiger partial charge in [0, 0.05) is 30.4 Å². The number of piperidine rings is 1. The number of ketones is 1. The fourth-order valence-corrected chi connectivity index (χ4v) is 4.26. The molecule has 0 unspecified atom stereocenters. The molecule has 2 aromatic carbocycles. The molecule has 1 amide bonds. The summed E-state index contributed by atoms with van der Waals surface area (Å²) in [4.78, 5) is 27.3. The van der Waals surface area contributed by atoms with Crippen LogP contribution in [0, 0.1) is 0 Å². The summed E-state index contributed by atoms with van der Waals surface area (Å²) in [6.45, 7) is 1.14. The number of fused-ring (bicyclic) bond motifs is 1. The van der Waals surface area contributed by atoms with Crippen molar-refractivity contribution >= 4 is 27.6 Å². The third-order valence-corrected chi connectivity index (χ3v) is 6.05. The van der Waals surface area contributed by atoms with Crippen LogP contribution in [0.25, 0.3) is 0 Å². The fourth-order valence-electron chi connectivity index (χ4n) is 3.80.